The van der Waals surface area contributed by atoms with E-state index < -0.39 is 21.5 Å². The molecule has 0 saturated carbocycles. The highest BCUT2D eigenvalue weighted by Gasteiger charge is 2.13. The van der Waals surface area contributed by atoms with Crippen LogP contribution in [0.2, 0.25) is 0 Å². The van der Waals surface area contributed by atoms with Crippen molar-refractivity contribution in [3.8, 4) is 0 Å². The van der Waals surface area contributed by atoms with Gasteiger partial charge in [-0.3, -0.25) is 9.59 Å². The van der Waals surface area contributed by atoms with Crippen LogP contribution in [0.25, 0.3) is 0 Å². The van der Waals surface area contributed by atoms with Gasteiger partial charge in [0.15, 0.2) is 0 Å². The molecule has 7 nitrogen and oxygen atoms in total. The number of nitrogens with one attached hydrogen (secondary N) is 2. The molecular weight excluding hydrogens is 314 g/mol. The lowest BCUT2D eigenvalue weighted by Crippen LogP contribution is -2.29. The number of H-pyrrole nitrogens is 1. The van der Waals surface area contributed by atoms with Crippen LogP contribution in [0.4, 0.5) is 0 Å². The van der Waals surface area contributed by atoms with Crippen LogP contribution >= 0.6 is 11.3 Å². The van der Waals surface area contributed by atoms with E-state index in [1.54, 1.807) is 19.1 Å². The van der Waals surface area contributed by atoms with Crippen LogP contribution in [0.5, 0.6) is 0 Å². The first-order valence-corrected chi connectivity index (χ1v) is 8.23. The Bertz CT molecular complexity index is 836. The SMILES string of the molecule is Cc1ccc(C(=O)NCc2ccc(S(N)(=O)=O)s2)c(=O)[nH]1. The fourth-order valence-corrected chi connectivity index (χ4v) is 3.34. The Balaban J connectivity index is 2.08. The summed E-state index contributed by atoms with van der Waals surface area (Å²) in [5.74, 6) is -0.526. The van der Waals surface area contributed by atoms with E-state index >= 15 is 0 Å². The summed E-state index contributed by atoms with van der Waals surface area (Å²) in [6.07, 6.45) is 0. The summed E-state index contributed by atoms with van der Waals surface area (Å²) < 4.78 is 22.3. The monoisotopic (exact) mass is 327 g/mol. The number of hydrogen-bond donors (Lipinski definition) is 3. The molecule has 21 heavy (non-hydrogen) atoms. The topological polar surface area (TPSA) is 122 Å². The number of primary sulfonamides is 1. The van der Waals surface area contributed by atoms with Gasteiger partial charge in [-0.1, -0.05) is 0 Å². The van der Waals surface area contributed by atoms with Crippen molar-refractivity contribution < 1.29 is 13.2 Å². The maximum Gasteiger partial charge on any atom is 0.260 e. The third-order valence-corrected chi connectivity index (χ3v) is 5.16. The number of pyridine rings is 1. The number of rotatable bonds is 4. The van der Waals surface area contributed by atoms with Crippen LogP contribution in [0.15, 0.2) is 33.3 Å². The molecule has 0 saturated heterocycles. The normalized spacial score (nSPS) is 11.3. The molecular formula is C12H13N3O4S2. The molecule has 0 spiro atoms. The summed E-state index contributed by atoms with van der Waals surface area (Å²) in [5.41, 5.74) is 0.195. The lowest BCUT2D eigenvalue weighted by Gasteiger charge is -2.03. The number of thiophene rings is 1. The number of aromatic amines is 1. The van der Waals surface area contributed by atoms with Crippen LogP contribution in [-0.2, 0) is 16.6 Å². The number of hydrogen-bond acceptors (Lipinski definition) is 5. The van der Waals surface area contributed by atoms with E-state index in [2.05, 4.69) is 10.3 Å². The summed E-state index contributed by atoms with van der Waals surface area (Å²) in [5, 5.41) is 7.56. The number of sulfonamides is 1. The fraction of sp³-hybridized carbons (Fsp3) is 0.167. The molecule has 1 amide bonds. The van der Waals surface area contributed by atoms with Gasteiger partial charge in [0.2, 0.25) is 10.0 Å². The number of aromatic nitrogens is 1. The van der Waals surface area contributed by atoms with Crippen LogP contribution in [0, 0.1) is 6.92 Å². The molecule has 0 fully saturated rings. The maximum atomic E-state index is 11.9. The van der Waals surface area contributed by atoms with Crippen molar-refractivity contribution in [2.24, 2.45) is 5.14 Å². The van der Waals surface area contributed by atoms with E-state index in [9.17, 15) is 18.0 Å². The maximum absolute atomic E-state index is 11.9. The van der Waals surface area contributed by atoms with Gasteiger partial charge in [-0.25, -0.2) is 13.6 Å². The van der Waals surface area contributed by atoms with Gasteiger partial charge in [0.05, 0.1) is 6.54 Å². The Morgan fingerprint density at radius 2 is 2.05 bits per heavy atom. The second kappa shape index (κ2) is 5.80. The average Bonchev–Trinajstić information content (AvgIpc) is 2.84. The molecule has 2 aromatic heterocycles. The largest absolute Gasteiger partial charge is 0.347 e. The number of nitrogens with two attached hydrogens (primary N) is 1. The van der Waals surface area contributed by atoms with Gasteiger partial charge in [-0.05, 0) is 31.2 Å². The molecule has 0 aliphatic rings. The van der Waals surface area contributed by atoms with Crippen molar-refractivity contribution in [2.75, 3.05) is 0 Å². The van der Waals surface area contributed by atoms with Crippen molar-refractivity contribution in [3.05, 3.63) is 50.8 Å². The van der Waals surface area contributed by atoms with Gasteiger partial charge in [0.25, 0.3) is 11.5 Å². The summed E-state index contributed by atoms with van der Waals surface area (Å²) in [6.45, 7) is 1.83. The first kappa shape index (κ1) is 15.4. The molecule has 2 rings (SSSR count). The number of aryl methyl sites for hydroxylation is 1. The van der Waals surface area contributed by atoms with Gasteiger partial charge < -0.3 is 10.3 Å². The predicted octanol–water partition coefficient (Wildman–Crippen LogP) is 0.322. The van der Waals surface area contributed by atoms with Crippen molar-refractivity contribution in [1.82, 2.24) is 10.3 Å². The molecule has 4 N–H and O–H groups in total. The van der Waals surface area contributed by atoms with Crippen molar-refractivity contribution in [2.45, 2.75) is 17.7 Å². The summed E-state index contributed by atoms with van der Waals surface area (Å²) in [4.78, 5) is 26.7. The predicted molar refractivity (Wildman–Crippen MR) is 78.7 cm³/mol. The molecule has 0 aromatic carbocycles. The highest BCUT2D eigenvalue weighted by molar-refractivity contribution is 7.91. The second-order valence-corrected chi connectivity index (χ2v) is 7.29. The van der Waals surface area contributed by atoms with Crippen molar-refractivity contribution >= 4 is 27.3 Å². The Morgan fingerprint density at radius 1 is 1.33 bits per heavy atom. The van der Waals surface area contributed by atoms with E-state index in [0.717, 1.165) is 11.3 Å². The number of carbonyl (C=O) groups is 1. The van der Waals surface area contributed by atoms with E-state index in [1.165, 1.54) is 12.1 Å². The lowest BCUT2D eigenvalue weighted by molar-refractivity contribution is 0.0949. The van der Waals surface area contributed by atoms with E-state index in [-0.39, 0.29) is 16.3 Å². The highest BCUT2D eigenvalue weighted by atomic mass is 32.2. The molecule has 0 radical (unpaired) electrons. The zero-order valence-electron chi connectivity index (χ0n) is 11.0. The first-order valence-electron chi connectivity index (χ1n) is 5.87. The van der Waals surface area contributed by atoms with Gasteiger partial charge in [-0.15, -0.1) is 11.3 Å². The standard InChI is InChI=1S/C12H13N3O4S2/c1-7-2-4-9(12(17)15-7)11(16)14-6-8-3-5-10(20-8)21(13,18)19/h2-5H,6H2,1H3,(H,14,16)(H,15,17)(H2,13,18,19). The van der Waals surface area contributed by atoms with Crippen LogP contribution in [-0.4, -0.2) is 19.3 Å². The third-order valence-electron chi connectivity index (χ3n) is 2.64. The third kappa shape index (κ3) is 3.78. The molecule has 0 aliphatic heterocycles. The van der Waals surface area contributed by atoms with Crippen molar-refractivity contribution in [3.63, 3.8) is 0 Å². The van der Waals surface area contributed by atoms with E-state index in [4.69, 9.17) is 5.14 Å². The molecule has 9 heteroatoms. The van der Waals surface area contributed by atoms with Gasteiger partial charge >= 0.3 is 0 Å². The molecule has 0 bridgehead atoms. The Morgan fingerprint density at radius 3 is 2.62 bits per heavy atom. The molecule has 2 aromatic rings. The minimum atomic E-state index is -3.73. The number of amides is 1. The molecule has 2 heterocycles. The van der Waals surface area contributed by atoms with Gasteiger partial charge in [-0.2, -0.15) is 0 Å². The minimum Gasteiger partial charge on any atom is -0.347 e. The smallest absolute Gasteiger partial charge is 0.260 e. The molecule has 0 atom stereocenters. The Kier molecular flexibility index (Phi) is 4.26. The summed E-state index contributed by atoms with van der Waals surface area (Å²) in [6, 6.07) is 6.00. The van der Waals surface area contributed by atoms with Crippen LogP contribution in [0.1, 0.15) is 20.9 Å². The fourth-order valence-electron chi connectivity index (χ4n) is 1.62. The average molecular weight is 327 g/mol. The highest BCUT2D eigenvalue weighted by Crippen LogP contribution is 2.19. The molecule has 112 valence electrons. The zero-order valence-corrected chi connectivity index (χ0v) is 12.7. The van der Waals surface area contributed by atoms with Crippen molar-refractivity contribution in [1.29, 1.82) is 0 Å². The summed E-state index contributed by atoms with van der Waals surface area (Å²) in [7, 11) is -3.73. The zero-order chi connectivity index (χ0) is 15.6. The van der Waals surface area contributed by atoms with Crippen LogP contribution < -0.4 is 16.0 Å². The quantitative estimate of drug-likeness (QED) is 0.748. The van der Waals surface area contributed by atoms with E-state index in [1.807, 2.05) is 0 Å². The first-order chi connectivity index (χ1) is 9.77. The summed E-state index contributed by atoms with van der Waals surface area (Å²) >= 11 is 0.970. The Hall–Kier alpha value is -1.97. The molecule has 0 aliphatic carbocycles. The second-order valence-electron chi connectivity index (χ2n) is 4.33. The lowest BCUT2D eigenvalue weighted by atomic mass is 10.2. The molecule has 0 unspecified atom stereocenters. The van der Waals surface area contributed by atoms with E-state index in [0.29, 0.717) is 10.6 Å². The van der Waals surface area contributed by atoms with Gasteiger partial charge in [0.1, 0.15) is 9.77 Å². The Labute approximate surface area is 124 Å². The van der Waals surface area contributed by atoms with Crippen LogP contribution in [0.3, 0.4) is 0 Å². The number of carbonyl (C=O) groups excluding carboxylic acids is 1. The minimum absolute atomic E-state index is 0.00354. The van der Waals surface area contributed by atoms with Gasteiger partial charge in [0, 0.05) is 10.6 Å².